The van der Waals surface area contributed by atoms with E-state index in [4.69, 9.17) is 0 Å². The van der Waals surface area contributed by atoms with Crippen molar-refractivity contribution in [3.8, 4) is 0 Å². The van der Waals surface area contributed by atoms with Gasteiger partial charge in [-0.05, 0) is 0 Å². The minimum atomic E-state index is -0.849. The molecule has 0 spiro atoms. The monoisotopic (exact) mass is 147 g/mol. The largest absolute Gasteiger partial charge is 0.355 e. The SMILES string of the molecule is O=C1C[C@H](/C(F)=C/F)CN1. The van der Waals surface area contributed by atoms with E-state index in [0.29, 0.717) is 0 Å². The highest BCUT2D eigenvalue weighted by Crippen LogP contribution is 2.19. The Labute approximate surface area is 56.9 Å². The third kappa shape index (κ3) is 1.32. The van der Waals surface area contributed by atoms with Crippen LogP contribution in [0.3, 0.4) is 0 Å². The Morgan fingerprint density at radius 1 is 1.80 bits per heavy atom. The van der Waals surface area contributed by atoms with Crippen LogP contribution in [0.5, 0.6) is 0 Å². The fourth-order valence-corrected chi connectivity index (χ4v) is 0.889. The van der Waals surface area contributed by atoms with Crippen molar-refractivity contribution in [1.82, 2.24) is 5.32 Å². The predicted octanol–water partition coefficient (Wildman–Crippen LogP) is 0.903. The Bertz CT molecular complexity index is 179. The van der Waals surface area contributed by atoms with Crippen LogP contribution in [-0.2, 0) is 4.79 Å². The summed E-state index contributed by atoms with van der Waals surface area (Å²) in [5, 5.41) is 2.40. The normalized spacial score (nSPS) is 26.8. The molecule has 0 saturated carbocycles. The summed E-state index contributed by atoms with van der Waals surface area (Å²) in [7, 11) is 0. The molecule has 1 rings (SSSR count). The van der Waals surface area contributed by atoms with Crippen molar-refractivity contribution in [3.05, 3.63) is 12.2 Å². The first-order valence-corrected chi connectivity index (χ1v) is 2.96. The van der Waals surface area contributed by atoms with Gasteiger partial charge >= 0.3 is 0 Å². The number of rotatable bonds is 1. The zero-order valence-electron chi connectivity index (χ0n) is 5.23. The summed E-state index contributed by atoms with van der Waals surface area (Å²) in [6, 6.07) is 0. The van der Waals surface area contributed by atoms with Crippen LogP contribution in [-0.4, -0.2) is 12.5 Å². The van der Waals surface area contributed by atoms with Gasteiger partial charge in [0.25, 0.3) is 0 Å². The number of carbonyl (C=O) groups excluding carboxylic acids is 1. The summed E-state index contributed by atoms with van der Waals surface area (Å²) in [6.07, 6.45) is -0.0306. The molecule has 0 unspecified atom stereocenters. The van der Waals surface area contributed by atoms with Crippen molar-refractivity contribution >= 4 is 5.91 Å². The Hall–Kier alpha value is -0.930. The van der Waals surface area contributed by atoms with Crippen molar-refractivity contribution in [2.45, 2.75) is 6.42 Å². The van der Waals surface area contributed by atoms with Gasteiger partial charge in [-0.2, -0.15) is 0 Å². The lowest BCUT2D eigenvalue weighted by molar-refractivity contribution is -0.119. The van der Waals surface area contributed by atoms with Crippen LogP contribution in [0.15, 0.2) is 12.2 Å². The molecule has 2 nitrogen and oxygen atoms in total. The van der Waals surface area contributed by atoms with Gasteiger partial charge in [0.1, 0.15) is 12.2 Å². The maximum atomic E-state index is 12.3. The molecule has 1 aliphatic heterocycles. The van der Waals surface area contributed by atoms with Gasteiger partial charge < -0.3 is 5.32 Å². The molecule has 1 heterocycles. The second kappa shape index (κ2) is 2.77. The summed E-state index contributed by atoms with van der Waals surface area (Å²) in [5.74, 6) is -1.65. The first-order valence-electron chi connectivity index (χ1n) is 2.96. The number of amides is 1. The van der Waals surface area contributed by atoms with E-state index in [9.17, 15) is 13.6 Å². The molecule has 0 aliphatic carbocycles. The van der Waals surface area contributed by atoms with Crippen LogP contribution >= 0.6 is 0 Å². The molecule has 0 radical (unpaired) electrons. The van der Waals surface area contributed by atoms with Crippen LogP contribution in [0.1, 0.15) is 6.42 Å². The lowest BCUT2D eigenvalue weighted by atomic mass is 10.1. The first-order chi connectivity index (χ1) is 4.74. The van der Waals surface area contributed by atoms with E-state index in [1.807, 2.05) is 0 Å². The van der Waals surface area contributed by atoms with Gasteiger partial charge in [0.15, 0.2) is 0 Å². The van der Waals surface area contributed by atoms with Crippen LogP contribution in [0.4, 0.5) is 8.78 Å². The molecule has 1 N–H and O–H groups in total. The van der Waals surface area contributed by atoms with Crippen LogP contribution in [0.25, 0.3) is 0 Å². The molecule has 10 heavy (non-hydrogen) atoms. The fraction of sp³-hybridized carbons (Fsp3) is 0.500. The summed E-state index contributed by atoms with van der Waals surface area (Å²) in [6.45, 7) is 0.213. The van der Waals surface area contributed by atoms with Gasteiger partial charge in [-0.3, -0.25) is 4.79 Å². The minimum Gasteiger partial charge on any atom is -0.355 e. The van der Waals surface area contributed by atoms with Gasteiger partial charge in [-0.25, -0.2) is 8.78 Å². The van der Waals surface area contributed by atoms with Crippen LogP contribution in [0.2, 0.25) is 0 Å². The van der Waals surface area contributed by atoms with Gasteiger partial charge in [0.05, 0.1) is 0 Å². The quantitative estimate of drug-likeness (QED) is 0.586. The Morgan fingerprint density at radius 3 is 2.90 bits per heavy atom. The number of hydrogen-bond acceptors (Lipinski definition) is 1. The molecule has 1 saturated heterocycles. The molecule has 4 heteroatoms. The van der Waals surface area contributed by atoms with E-state index in [0.717, 1.165) is 0 Å². The Kier molecular flexibility index (Phi) is 1.99. The molecule has 1 aliphatic rings. The third-order valence-corrected chi connectivity index (χ3v) is 1.47. The first kappa shape index (κ1) is 7.18. The number of hydrogen-bond donors (Lipinski definition) is 1. The second-order valence-corrected chi connectivity index (χ2v) is 2.20. The number of carbonyl (C=O) groups is 1. The van der Waals surface area contributed by atoms with E-state index in [1.165, 1.54) is 0 Å². The standard InChI is InChI=1S/C6H7F2NO/c7-2-5(8)4-1-6(10)9-3-4/h2,4H,1,3H2,(H,9,10)/b5-2-/t4-/m0/s1. The highest BCUT2D eigenvalue weighted by molar-refractivity contribution is 5.78. The minimum absolute atomic E-state index is 0.0618. The second-order valence-electron chi connectivity index (χ2n) is 2.20. The molecule has 1 amide bonds. The topological polar surface area (TPSA) is 29.1 Å². The van der Waals surface area contributed by atoms with E-state index >= 15 is 0 Å². The van der Waals surface area contributed by atoms with Crippen molar-refractivity contribution in [1.29, 1.82) is 0 Å². The number of nitrogens with one attached hydrogen (secondary N) is 1. The van der Waals surface area contributed by atoms with E-state index in [-0.39, 0.29) is 25.2 Å². The summed E-state index contributed by atoms with van der Waals surface area (Å²) in [5.41, 5.74) is 0. The molecular formula is C6H7F2NO. The smallest absolute Gasteiger partial charge is 0.220 e. The van der Waals surface area contributed by atoms with Crippen molar-refractivity contribution in [3.63, 3.8) is 0 Å². The van der Waals surface area contributed by atoms with Gasteiger partial charge in [-0.1, -0.05) is 0 Å². The molecule has 0 aromatic carbocycles. The zero-order chi connectivity index (χ0) is 7.56. The van der Waals surface area contributed by atoms with E-state index in [1.54, 1.807) is 0 Å². The molecular weight excluding hydrogens is 140 g/mol. The average molecular weight is 147 g/mol. The lowest BCUT2D eigenvalue weighted by Gasteiger charge is -1.99. The molecule has 1 atom stereocenters. The third-order valence-electron chi connectivity index (χ3n) is 1.47. The van der Waals surface area contributed by atoms with Gasteiger partial charge in [0, 0.05) is 18.9 Å². The van der Waals surface area contributed by atoms with E-state index in [2.05, 4.69) is 5.32 Å². The highest BCUT2D eigenvalue weighted by Gasteiger charge is 2.25. The Morgan fingerprint density at radius 2 is 2.50 bits per heavy atom. The summed E-state index contributed by atoms with van der Waals surface area (Å²) in [4.78, 5) is 10.4. The average Bonchev–Trinajstić information content (AvgIpc) is 2.34. The van der Waals surface area contributed by atoms with Crippen LogP contribution < -0.4 is 5.32 Å². The molecule has 1 fully saturated rings. The van der Waals surface area contributed by atoms with Crippen molar-refractivity contribution in [2.24, 2.45) is 5.92 Å². The van der Waals surface area contributed by atoms with Crippen LogP contribution in [0, 0.1) is 5.92 Å². The van der Waals surface area contributed by atoms with Crippen molar-refractivity contribution in [2.75, 3.05) is 6.54 Å². The maximum absolute atomic E-state index is 12.3. The van der Waals surface area contributed by atoms with Gasteiger partial charge in [0.2, 0.25) is 5.91 Å². The fourth-order valence-electron chi connectivity index (χ4n) is 0.889. The number of halogens is 2. The molecule has 0 bridgehead atoms. The molecule has 0 aromatic heterocycles. The Balaban J connectivity index is 2.52. The zero-order valence-corrected chi connectivity index (χ0v) is 5.23. The van der Waals surface area contributed by atoms with Gasteiger partial charge in [-0.15, -0.1) is 0 Å². The highest BCUT2D eigenvalue weighted by atomic mass is 19.2. The lowest BCUT2D eigenvalue weighted by Crippen LogP contribution is -2.13. The van der Waals surface area contributed by atoms with E-state index < -0.39 is 11.7 Å². The molecule has 56 valence electrons. The molecule has 0 aromatic rings. The summed E-state index contributed by atoms with van der Waals surface area (Å²) >= 11 is 0. The maximum Gasteiger partial charge on any atom is 0.220 e. The summed E-state index contributed by atoms with van der Waals surface area (Å²) < 4.78 is 23.8. The van der Waals surface area contributed by atoms with Crippen molar-refractivity contribution < 1.29 is 13.6 Å². The predicted molar refractivity (Wildman–Crippen MR) is 31.4 cm³/mol.